The molecular weight excluding hydrogens is 356 g/mol. The standard InChI is InChI=1S/C20H22N6O2/c1-28-16-9-7-15(8-10-16)20(27)26-25-19-17(21)18(23-13-24-19)22-12-11-14-5-3-2-4-6-14/h2-10,13H,11-12,21H2,1H3,(H,26,27)(H2,22,23,24,25). The first-order valence-corrected chi connectivity index (χ1v) is 8.76. The summed E-state index contributed by atoms with van der Waals surface area (Å²) in [7, 11) is 1.57. The highest BCUT2D eigenvalue weighted by molar-refractivity contribution is 5.95. The number of carbonyl (C=O) groups excluding carboxylic acids is 1. The predicted octanol–water partition coefficient (Wildman–Crippen LogP) is 2.48. The molecule has 8 nitrogen and oxygen atoms in total. The number of carbonyl (C=O) groups is 1. The average Bonchev–Trinajstić information content (AvgIpc) is 2.74. The van der Waals surface area contributed by atoms with Crippen molar-refractivity contribution < 1.29 is 9.53 Å². The van der Waals surface area contributed by atoms with Gasteiger partial charge in [0.2, 0.25) is 0 Å². The summed E-state index contributed by atoms with van der Waals surface area (Å²) in [5, 5.41) is 3.19. The Morgan fingerprint density at radius 1 is 1.04 bits per heavy atom. The molecule has 0 unspecified atom stereocenters. The van der Waals surface area contributed by atoms with Gasteiger partial charge in [-0.1, -0.05) is 30.3 Å². The molecule has 1 heterocycles. The van der Waals surface area contributed by atoms with E-state index in [0.717, 1.165) is 6.42 Å². The lowest BCUT2D eigenvalue weighted by Crippen LogP contribution is -2.30. The Bertz CT molecular complexity index is 916. The summed E-state index contributed by atoms with van der Waals surface area (Å²) in [5.74, 6) is 1.18. The van der Waals surface area contributed by atoms with Gasteiger partial charge >= 0.3 is 0 Å². The van der Waals surface area contributed by atoms with Crippen molar-refractivity contribution >= 4 is 23.2 Å². The monoisotopic (exact) mass is 378 g/mol. The number of nitrogens with one attached hydrogen (secondary N) is 3. The van der Waals surface area contributed by atoms with Crippen molar-refractivity contribution in [2.24, 2.45) is 0 Å². The largest absolute Gasteiger partial charge is 0.497 e. The minimum Gasteiger partial charge on any atom is -0.497 e. The molecule has 1 amide bonds. The third-order valence-corrected chi connectivity index (χ3v) is 4.08. The quantitative estimate of drug-likeness (QED) is 0.445. The lowest BCUT2D eigenvalue weighted by molar-refractivity contribution is 0.0962. The van der Waals surface area contributed by atoms with Gasteiger partial charge < -0.3 is 15.8 Å². The fraction of sp³-hybridized carbons (Fsp3) is 0.150. The third-order valence-electron chi connectivity index (χ3n) is 4.08. The summed E-state index contributed by atoms with van der Waals surface area (Å²) >= 11 is 0. The second kappa shape index (κ2) is 9.22. The van der Waals surface area contributed by atoms with E-state index in [1.165, 1.54) is 11.9 Å². The van der Waals surface area contributed by atoms with Gasteiger partial charge in [0.15, 0.2) is 11.6 Å². The number of nitrogens with zero attached hydrogens (tertiary/aromatic N) is 2. The molecule has 5 N–H and O–H groups in total. The van der Waals surface area contributed by atoms with E-state index in [2.05, 4.69) is 38.3 Å². The molecule has 28 heavy (non-hydrogen) atoms. The first-order valence-electron chi connectivity index (χ1n) is 8.76. The Morgan fingerprint density at radius 2 is 1.75 bits per heavy atom. The molecule has 3 rings (SSSR count). The van der Waals surface area contributed by atoms with Gasteiger partial charge in [0.25, 0.3) is 5.91 Å². The summed E-state index contributed by atoms with van der Waals surface area (Å²) < 4.78 is 5.08. The van der Waals surface area contributed by atoms with Gasteiger partial charge in [0.1, 0.15) is 17.8 Å². The Labute approximate surface area is 163 Å². The van der Waals surface area contributed by atoms with Gasteiger partial charge in [-0.15, -0.1) is 0 Å². The van der Waals surface area contributed by atoms with Gasteiger partial charge in [0.05, 0.1) is 7.11 Å². The topological polar surface area (TPSA) is 114 Å². The lowest BCUT2D eigenvalue weighted by Gasteiger charge is -2.13. The number of ether oxygens (including phenoxy) is 1. The summed E-state index contributed by atoms with van der Waals surface area (Å²) in [6, 6.07) is 16.9. The number of methoxy groups -OCH3 is 1. The molecule has 0 bridgehead atoms. The highest BCUT2D eigenvalue weighted by Crippen LogP contribution is 2.21. The molecule has 3 aromatic rings. The molecule has 0 saturated carbocycles. The van der Waals surface area contributed by atoms with Crippen LogP contribution >= 0.6 is 0 Å². The lowest BCUT2D eigenvalue weighted by atomic mass is 10.1. The molecule has 0 atom stereocenters. The molecule has 0 radical (unpaired) electrons. The van der Waals surface area contributed by atoms with Gasteiger partial charge in [-0.3, -0.25) is 15.6 Å². The minimum atomic E-state index is -0.320. The van der Waals surface area contributed by atoms with Crippen molar-refractivity contribution in [3.8, 4) is 5.75 Å². The van der Waals surface area contributed by atoms with Crippen LogP contribution in [0, 0.1) is 0 Å². The van der Waals surface area contributed by atoms with E-state index in [1.807, 2.05) is 18.2 Å². The SMILES string of the molecule is COc1ccc(C(=O)NNc2ncnc(NCCc3ccccc3)c2N)cc1. The molecule has 0 spiro atoms. The van der Waals surface area contributed by atoms with Crippen molar-refractivity contribution in [2.75, 3.05) is 30.1 Å². The van der Waals surface area contributed by atoms with Gasteiger partial charge in [-0.05, 0) is 36.2 Å². The third kappa shape index (κ3) is 4.88. The molecule has 0 saturated heterocycles. The first kappa shape index (κ1) is 19.0. The number of nitrogen functional groups attached to an aromatic ring is 1. The zero-order chi connectivity index (χ0) is 19.8. The van der Waals surface area contributed by atoms with Crippen LogP contribution in [-0.2, 0) is 6.42 Å². The van der Waals surface area contributed by atoms with Gasteiger partial charge in [0, 0.05) is 12.1 Å². The molecule has 0 fully saturated rings. The van der Waals surface area contributed by atoms with Gasteiger partial charge in [-0.25, -0.2) is 9.97 Å². The Kier molecular flexibility index (Phi) is 6.25. The number of rotatable bonds is 8. The maximum atomic E-state index is 12.2. The van der Waals surface area contributed by atoms with E-state index in [4.69, 9.17) is 10.5 Å². The Morgan fingerprint density at radius 3 is 2.46 bits per heavy atom. The molecule has 2 aromatic carbocycles. The van der Waals surface area contributed by atoms with Crippen LogP contribution in [0.2, 0.25) is 0 Å². The van der Waals surface area contributed by atoms with E-state index in [0.29, 0.717) is 35.2 Å². The van der Waals surface area contributed by atoms with Crippen molar-refractivity contribution in [3.63, 3.8) is 0 Å². The second-order valence-electron chi connectivity index (χ2n) is 5.95. The van der Waals surface area contributed by atoms with Crippen molar-refractivity contribution in [1.29, 1.82) is 0 Å². The molecule has 0 aliphatic carbocycles. The smallest absolute Gasteiger partial charge is 0.269 e. The van der Waals surface area contributed by atoms with Crippen LogP contribution in [0.3, 0.4) is 0 Å². The van der Waals surface area contributed by atoms with E-state index >= 15 is 0 Å². The number of nitrogens with two attached hydrogens (primary N) is 1. The van der Waals surface area contributed by atoms with E-state index in [-0.39, 0.29) is 5.91 Å². The maximum Gasteiger partial charge on any atom is 0.269 e. The normalized spacial score (nSPS) is 10.2. The van der Waals surface area contributed by atoms with E-state index < -0.39 is 0 Å². The fourth-order valence-electron chi connectivity index (χ4n) is 2.54. The van der Waals surface area contributed by atoms with Crippen molar-refractivity contribution in [3.05, 3.63) is 72.1 Å². The van der Waals surface area contributed by atoms with Crippen LogP contribution in [0.4, 0.5) is 17.3 Å². The summed E-state index contributed by atoms with van der Waals surface area (Å²) in [6.45, 7) is 0.670. The van der Waals surface area contributed by atoms with Crippen LogP contribution in [0.1, 0.15) is 15.9 Å². The Hall–Kier alpha value is -3.81. The summed E-state index contributed by atoms with van der Waals surface area (Å²) in [4.78, 5) is 20.5. The van der Waals surface area contributed by atoms with Crippen LogP contribution in [0.25, 0.3) is 0 Å². The maximum absolute atomic E-state index is 12.2. The summed E-state index contributed by atoms with van der Waals surface area (Å²) in [6.07, 6.45) is 2.21. The van der Waals surface area contributed by atoms with Crippen LogP contribution in [-0.4, -0.2) is 29.5 Å². The van der Waals surface area contributed by atoms with Crippen LogP contribution < -0.4 is 26.6 Å². The predicted molar refractivity (Wildman–Crippen MR) is 109 cm³/mol. The number of hydrazine groups is 1. The minimum absolute atomic E-state index is 0.319. The Balaban J connectivity index is 1.56. The molecule has 8 heteroatoms. The molecule has 0 aliphatic heterocycles. The van der Waals surface area contributed by atoms with Crippen LogP contribution in [0.5, 0.6) is 5.75 Å². The molecular formula is C20H22N6O2. The number of aromatic nitrogens is 2. The fourth-order valence-corrected chi connectivity index (χ4v) is 2.54. The van der Waals surface area contributed by atoms with Crippen molar-refractivity contribution in [2.45, 2.75) is 6.42 Å². The number of hydrogen-bond donors (Lipinski definition) is 4. The highest BCUT2D eigenvalue weighted by atomic mass is 16.5. The number of benzene rings is 2. The molecule has 1 aromatic heterocycles. The number of hydrogen-bond acceptors (Lipinski definition) is 7. The zero-order valence-electron chi connectivity index (χ0n) is 15.5. The van der Waals surface area contributed by atoms with Crippen LogP contribution in [0.15, 0.2) is 60.9 Å². The van der Waals surface area contributed by atoms with E-state index in [1.54, 1.807) is 31.4 Å². The summed E-state index contributed by atoms with van der Waals surface area (Å²) in [5.41, 5.74) is 13.4. The average molecular weight is 378 g/mol. The van der Waals surface area contributed by atoms with E-state index in [9.17, 15) is 4.79 Å². The highest BCUT2D eigenvalue weighted by Gasteiger charge is 2.10. The number of amides is 1. The number of anilines is 3. The van der Waals surface area contributed by atoms with Crippen molar-refractivity contribution in [1.82, 2.24) is 15.4 Å². The van der Waals surface area contributed by atoms with Gasteiger partial charge in [-0.2, -0.15) is 0 Å². The first-order chi connectivity index (χ1) is 13.7. The zero-order valence-corrected chi connectivity index (χ0v) is 15.5. The molecule has 0 aliphatic rings. The second-order valence-corrected chi connectivity index (χ2v) is 5.95. The molecule has 144 valence electrons.